The highest BCUT2D eigenvalue weighted by molar-refractivity contribution is 7.02. The molecule has 0 bridgehead atoms. The van der Waals surface area contributed by atoms with Crippen molar-refractivity contribution in [2.75, 3.05) is 0 Å². The Labute approximate surface area is 50.6 Å². The smallest absolute Gasteiger partial charge is 0.154 e. The van der Waals surface area contributed by atoms with Crippen molar-refractivity contribution in [3.8, 4) is 0 Å². The topological polar surface area (TPSA) is 51.3 Å². The summed E-state index contributed by atoms with van der Waals surface area (Å²) in [7, 11) is 0. The number of aromatic nitrogens is 1. The Morgan fingerprint density at radius 3 is 3.00 bits per heavy atom. The first-order chi connectivity index (χ1) is 3.93. The monoisotopic (exact) mass is 127 g/mol. The molecule has 0 aliphatic heterocycles. The third kappa shape index (κ3) is 1.04. The van der Waals surface area contributed by atoms with E-state index in [2.05, 4.69) is 9.47 Å². The molecule has 1 aromatic rings. The van der Waals surface area contributed by atoms with Gasteiger partial charge in [0.25, 0.3) is 0 Å². The molecule has 8 heavy (non-hydrogen) atoms. The maximum Gasteiger partial charge on any atom is 0.154 e. The predicted octanol–water partition coefficient (Wildman–Crippen LogP) is -0.0825. The first kappa shape index (κ1) is 5.24. The Morgan fingerprint density at radius 1 is 1.75 bits per heavy atom. The third-order valence-electron chi connectivity index (χ3n) is 0.659. The average molecular weight is 127 g/mol. The zero-order valence-corrected chi connectivity index (χ0v) is 4.93. The fraction of sp³-hybridized carbons (Fsp3) is 0. The van der Waals surface area contributed by atoms with Crippen LogP contribution in [0.4, 0.5) is 0 Å². The van der Waals surface area contributed by atoms with E-state index in [9.17, 15) is 0 Å². The van der Waals surface area contributed by atoms with E-state index < -0.39 is 0 Å². The molecule has 0 saturated heterocycles. The van der Waals surface area contributed by atoms with Crippen molar-refractivity contribution in [2.24, 2.45) is 10.9 Å². The second-order valence-electron chi connectivity index (χ2n) is 1.17. The Bertz CT molecular complexity index is 199. The van der Waals surface area contributed by atoms with Gasteiger partial charge in [-0.25, -0.2) is 0 Å². The summed E-state index contributed by atoms with van der Waals surface area (Å²) in [5.41, 5.74) is 0. The van der Waals surface area contributed by atoms with Gasteiger partial charge >= 0.3 is 0 Å². The van der Waals surface area contributed by atoms with Gasteiger partial charge in [0.1, 0.15) is 0 Å². The van der Waals surface area contributed by atoms with Crippen LogP contribution < -0.4 is 10.5 Å². The van der Waals surface area contributed by atoms with E-state index in [4.69, 9.17) is 5.84 Å². The molecule has 0 aliphatic carbocycles. The van der Waals surface area contributed by atoms with E-state index in [-0.39, 0.29) is 0 Å². The largest absolute Gasteiger partial charge is 0.322 e. The van der Waals surface area contributed by atoms with Gasteiger partial charge < -0.3 is 5.84 Å². The van der Waals surface area contributed by atoms with Crippen LogP contribution in [0.1, 0.15) is 0 Å². The minimum Gasteiger partial charge on any atom is -0.322 e. The molecule has 1 rings (SSSR count). The van der Waals surface area contributed by atoms with Crippen LogP contribution >= 0.6 is 11.5 Å². The van der Waals surface area contributed by atoms with Crippen LogP contribution in [0.5, 0.6) is 0 Å². The number of hydrogen-bond acceptors (Lipinski definition) is 4. The van der Waals surface area contributed by atoms with Gasteiger partial charge in [0, 0.05) is 6.20 Å². The number of nitrogens with zero attached hydrogens (tertiary/aromatic N) is 2. The molecule has 3 nitrogen and oxygen atoms in total. The normalized spacial score (nSPS) is 11.8. The Balaban J connectivity index is 3.20. The molecule has 42 valence electrons. The molecule has 0 aromatic carbocycles. The second-order valence-corrected chi connectivity index (χ2v) is 1.98. The van der Waals surface area contributed by atoms with Gasteiger partial charge in [-0.2, -0.15) is 9.47 Å². The van der Waals surface area contributed by atoms with Crippen LogP contribution in [0, 0.1) is 0 Å². The molecule has 0 spiro atoms. The molecular formula is C4H5N3S. The summed E-state index contributed by atoms with van der Waals surface area (Å²) >= 11 is 1.27. The highest BCUT2D eigenvalue weighted by atomic mass is 32.1. The van der Waals surface area contributed by atoms with Gasteiger partial charge in [-0.3, -0.25) is 0 Å². The molecular weight excluding hydrogens is 122 g/mol. The quantitative estimate of drug-likeness (QED) is 0.391. The lowest BCUT2D eigenvalue weighted by Gasteiger charge is -1.76. The molecule has 0 radical (unpaired) electrons. The minimum absolute atomic E-state index is 0.743. The second kappa shape index (κ2) is 2.42. The fourth-order valence-electron chi connectivity index (χ4n) is 0.342. The van der Waals surface area contributed by atoms with Crippen LogP contribution in [0.2, 0.25) is 0 Å². The number of nitrogens with two attached hydrogens (primary N) is 1. The van der Waals surface area contributed by atoms with E-state index in [1.54, 1.807) is 18.3 Å². The fourth-order valence-corrected chi connectivity index (χ4v) is 0.768. The number of rotatable bonds is 0. The molecule has 0 aliphatic rings. The van der Waals surface area contributed by atoms with Gasteiger partial charge in [-0.1, -0.05) is 0 Å². The van der Waals surface area contributed by atoms with E-state index in [1.165, 1.54) is 11.5 Å². The van der Waals surface area contributed by atoms with Crippen molar-refractivity contribution < 1.29 is 0 Å². The van der Waals surface area contributed by atoms with Gasteiger partial charge in [0.2, 0.25) is 0 Å². The Hall–Kier alpha value is -0.900. The lowest BCUT2D eigenvalue weighted by Crippen LogP contribution is -1.99. The lowest BCUT2D eigenvalue weighted by atomic mass is 10.6. The molecule has 1 heterocycles. The van der Waals surface area contributed by atoms with Gasteiger partial charge in [0.05, 0.1) is 0 Å². The molecule has 0 amide bonds. The average Bonchev–Trinajstić information content (AvgIpc) is 1.90. The van der Waals surface area contributed by atoms with Crippen molar-refractivity contribution in [1.29, 1.82) is 0 Å². The summed E-state index contributed by atoms with van der Waals surface area (Å²) in [6, 6.07) is 3.60. The molecule has 1 aromatic heterocycles. The summed E-state index contributed by atoms with van der Waals surface area (Å²) in [6.07, 6.45) is 1.69. The van der Waals surface area contributed by atoms with Crippen LogP contribution in [0.3, 0.4) is 0 Å². The Morgan fingerprint density at radius 2 is 2.62 bits per heavy atom. The molecule has 0 fully saturated rings. The molecule has 0 atom stereocenters. The van der Waals surface area contributed by atoms with Crippen molar-refractivity contribution >= 4 is 11.5 Å². The summed E-state index contributed by atoms with van der Waals surface area (Å²) in [5.74, 6) is 4.95. The van der Waals surface area contributed by atoms with Crippen LogP contribution in [0.15, 0.2) is 23.4 Å². The van der Waals surface area contributed by atoms with Gasteiger partial charge in [0.15, 0.2) is 4.67 Å². The Kier molecular flexibility index (Phi) is 1.58. The molecule has 2 N–H and O–H groups in total. The molecule has 0 unspecified atom stereocenters. The lowest BCUT2D eigenvalue weighted by molar-refractivity contribution is 1.17. The van der Waals surface area contributed by atoms with Crippen LogP contribution in [0.25, 0.3) is 0 Å². The zero-order chi connectivity index (χ0) is 5.82. The maximum absolute atomic E-state index is 4.95. The maximum atomic E-state index is 4.95. The minimum atomic E-state index is 0.743. The number of hydrogen-bond donors (Lipinski definition) is 1. The summed E-state index contributed by atoms with van der Waals surface area (Å²) in [5, 5.41) is 3.43. The van der Waals surface area contributed by atoms with Crippen molar-refractivity contribution in [3.63, 3.8) is 0 Å². The van der Waals surface area contributed by atoms with Gasteiger partial charge in [-0.05, 0) is 23.7 Å². The van der Waals surface area contributed by atoms with Crippen molar-refractivity contribution in [2.45, 2.75) is 0 Å². The summed E-state index contributed by atoms with van der Waals surface area (Å²) in [6.45, 7) is 0. The van der Waals surface area contributed by atoms with E-state index >= 15 is 0 Å². The highest BCUT2D eigenvalue weighted by Crippen LogP contribution is 1.74. The van der Waals surface area contributed by atoms with Crippen LogP contribution in [-0.4, -0.2) is 4.37 Å². The van der Waals surface area contributed by atoms with E-state index in [0.29, 0.717) is 0 Å². The van der Waals surface area contributed by atoms with Gasteiger partial charge in [-0.15, -0.1) is 0 Å². The first-order valence-electron chi connectivity index (χ1n) is 2.08. The van der Waals surface area contributed by atoms with E-state index in [0.717, 1.165) is 4.67 Å². The molecule has 0 saturated carbocycles. The first-order valence-corrected chi connectivity index (χ1v) is 2.86. The predicted molar refractivity (Wildman–Crippen MR) is 31.9 cm³/mol. The summed E-state index contributed by atoms with van der Waals surface area (Å²) in [4.78, 5) is 0. The van der Waals surface area contributed by atoms with E-state index in [1.807, 2.05) is 0 Å². The highest BCUT2D eigenvalue weighted by Gasteiger charge is 1.73. The van der Waals surface area contributed by atoms with Crippen LogP contribution in [-0.2, 0) is 0 Å². The third-order valence-corrected chi connectivity index (χ3v) is 1.31. The zero-order valence-electron chi connectivity index (χ0n) is 4.11. The van der Waals surface area contributed by atoms with Crippen molar-refractivity contribution in [3.05, 3.63) is 23.0 Å². The standard InChI is InChI=1S/C4H5N3S/c5-7-4-2-1-3-6-8-4/h1-3H,5H2. The SMILES string of the molecule is NN=c1cccns1. The van der Waals surface area contributed by atoms with Crippen molar-refractivity contribution in [1.82, 2.24) is 4.37 Å². The summed E-state index contributed by atoms with van der Waals surface area (Å²) < 4.78 is 4.57. The molecule has 4 heteroatoms.